The van der Waals surface area contributed by atoms with Crippen LogP contribution in [-0.4, -0.2) is 30.9 Å². The van der Waals surface area contributed by atoms with Gasteiger partial charge in [-0.05, 0) is 36.8 Å². The summed E-state index contributed by atoms with van der Waals surface area (Å²) in [4.78, 5) is 34.6. The van der Waals surface area contributed by atoms with Crippen molar-refractivity contribution in [1.82, 2.24) is 5.32 Å². The quantitative estimate of drug-likeness (QED) is 0.783. The van der Waals surface area contributed by atoms with Crippen molar-refractivity contribution in [2.24, 2.45) is 0 Å². The molecule has 0 spiro atoms. The Hall–Kier alpha value is -3.16. The van der Waals surface area contributed by atoms with Gasteiger partial charge >= 0.3 is 5.97 Å². The highest BCUT2D eigenvalue weighted by molar-refractivity contribution is 5.95. The number of esters is 1. The number of anilines is 1. The number of carbonyl (C=O) groups excluding carboxylic acids is 3. The van der Waals surface area contributed by atoms with Crippen LogP contribution in [0.3, 0.4) is 0 Å². The number of ether oxygens (including phenoxy) is 1. The Kier molecular flexibility index (Phi) is 5.67. The van der Waals surface area contributed by atoms with E-state index in [9.17, 15) is 18.8 Å². The number of rotatable bonds is 6. The summed E-state index contributed by atoms with van der Waals surface area (Å²) in [5.41, 5.74) is 0.706. The van der Waals surface area contributed by atoms with E-state index in [-0.39, 0.29) is 11.4 Å². The number of aryl methyl sites for hydroxylation is 1. The van der Waals surface area contributed by atoms with E-state index >= 15 is 0 Å². The van der Waals surface area contributed by atoms with E-state index in [1.807, 2.05) is 0 Å². The molecule has 0 bridgehead atoms. The van der Waals surface area contributed by atoms with Gasteiger partial charge in [0.1, 0.15) is 12.4 Å². The number of benzene rings is 1. The summed E-state index contributed by atoms with van der Waals surface area (Å²) in [7, 11) is 0. The van der Waals surface area contributed by atoms with E-state index in [1.165, 1.54) is 36.6 Å². The molecule has 2 aromatic rings. The van der Waals surface area contributed by atoms with Gasteiger partial charge in [-0.15, -0.1) is 0 Å². The summed E-state index contributed by atoms with van der Waals surface area (Å²) in [5, 5.41) is 4.68. The fourth-order valence-electron chi connectivity index (χ4n) is 1.71. The highest BCUT2D eigenvalue weighted by atomic mass is 19.1. The van der Waals surface area contributed by atoms with Crippen molar-refractivity contribution in [2.75, 3.05) is 18.5 Å². The van der Waals surface area contributed by atoms with Crippen molar-refractivity contribution in [2.45, 2.75) is 6.92 Å². The van der Waals surface area contributed by atoms with Gasteiger partial charge in [0, 0.05) is 5.69 Å². The third kappa shape index (κ3) is 4.94. The summed E-state index contributed by atoms with van der Waals surface area (Å²) in [6.45, 7) is 0.636. The molecule has 1 aromatic heterocycles. The van der Waals surface area contributed by atoms with E-state index in [2.05, 4.69) is 10.6 Å². The van der Waals surface area contributed by atoms with Crippen molar-refractivity contribution in [1.29, 1.82) is 0 Å². The minimum Gasteiger partial charge on any atom is -0.459 e. The molecule has 2 amide bonds. The molecule has 0 aliphatic heterocycles. The molecule has 2 rings (SSSR count). The van der Waals surface area contributed by atoms with Crippen LogP contribution in [0.2, 0.25) is 0 Å². The summed E-state index contributed by atoms with van der Waals surface area (Å²) < 4.78 is 22.9. The molecule has 1 aromatic carbocycles. The molecule has 0 unspecified atom stereocenters. The first-order valence-electron chi connectivity index (χ1n) is 6.99. The van der Waals surface area contributed by atoms with E-state index in [1.54, 1.807) is 6.92 Å². The lowest BCUT2D eigenvalue weighted by Gasteiger charge is -2.08. The molecule has 8 heteroatoms. The predicted octanol–water partition coefficient (Wildman–Crippen LogP) is 1.64. The smallest absolute Gasteiger partial charge is 0.325 e. The minimum atomic E-state index is -0.792. The number of halogens is 1. The SMILES string of the molecule is Cc1ccc(NC(=O)COC(=O)CNC(=O)c2ccco2)cc1F. The molecule has 126 valence electrons. The largest absolute Gasteiger partial charge is 0.459 e. The maximum absolute atomic E-state index is 13.4. The Balaban J connectivity index is 1.72. The van der Waals surface area contributed by atoms with E-state index in [4.69, 9.17) is 9.15 Å². The first-order chi connectivity index (χ1) is 11.5. The van der Waals surface area contributed by atoms with Crippen LogP contribution < -0.4 is 10.6 Å². The molecule has 0 atom stereocenters. The van der Waals surface area contributed by atoms with Crippen molar-refractivity contribution >= 4 is 23.5 Å². The van der Waals surface area contributed by atoms with E-state index < -0.39 is 36.8 Å². The molecule has 2 N–H and O–H groups in total. The molecule has 24 heavy (non-hydrogen) atoms. The Morgan fingerprint density at radius 2 is 2.04 bits per heavy atom. The second kappa shape index (κ2) is 7.91. The molecular weight excluding hydrogens is 319 g/mol. The van der Waals surface area contributed by atoms with Crippen LogP contribution in [0.5, 0.6) is 0 Å². The highest BCUT2D eigenvalue weighted by Gasteiger charge is 2.12. The van der Waals surface area contributed by atoms with E-state index in [0.717, 1.165) is 0 Å². The monoisotopic (exact) mass is 334 g/mol. The highest BCUT2D eigenvalue weighted by Crippen LogP contribution is 2.13. The van der Waals surface area contributed by atoms with Gasteiger partial charge in [0.05, 0.1) is 6.26 Å². The molecule has 0 saturated heterocycles. The average Bonchev–Trinajstić information content (AvgIpc) is 3.08. The first-order valence-corrected chi connectivity index (χ1v) is 6.99. The molecule has 0 aliphatic rings. The zero-order valence-electron chi connectivity index (χ0n) is 12.8. The summed E-state index contributed by atoms with van der Waals surface area (Å²) in [5.74, 6) is -2.38. The average molecular weight is 334 g/mol. The van der Waals surface area contributed by atoms with Gasteiger partial charge in [0.25, 0.3) is 11.8 Å². The van der Waals surface area contributed by atoms with Gasteiger partial charge in [-0.3, -0.25) is 14.4 Å². The van der Waals surface area contributed by atoms with Crippen LogP contribution in [0.1, 0.15) is 16.1 Å². The van der Waals surface area contributed by atoms with Crippen LogP contribution in [0.15, 0.2) is 41.0 Å². The standard InChI is InChI=1S/C16H15FN2O5/c1-10-4-5-11(7-12(10)17)19-14(20)9-24-15(21)8-18-16(22)13-3-2-6-23-13/h2-7H,8-9H2,1H3,(H,18,22)(H,19,20). The number of amides is 2. The lowest BCUT2D eigenvalue weighted by atomic mass is 10.2. The van der Waals surface area contributed by atoms with Crippen molar-refractivity contribution in [3.05, 3.63) is 53.7 Å². The second-order valence-corrected chi connectivity index (χ2v) is 4.83. The number of hydrogen-bond acceptors (Lipinski definition) is 5. The molecule has 1 heterocycles. The van der Waals surface area contributed by atoms with Crippen LogP contribution in [0.25, 0.3) is 0 Å². The van der Waals surface area contributed by atoms with Gasteiger partial charge in [-0.25, -0.2) is 4.39 Å². The maximum atomic E-state index is 13.4. The van der Waals surface area contributed by atoms with Crippen LogP contribution in [-0.2, 0) is 14.3 Å². The zero-order chi connectivity index (χ0) is 17.5. The third-order valence-corrected chi connectivity index (χ3v) is 2.96. The normalized spacial score (nSPS) is 10.1. The zero-order valence-corrected chi connectivity index (χ0v) is 12.8. The molecule has 0 saturated carbocycles. The van der Waals surface area contributed by atoms with Crippen molar-refractivity contribution < 1.29 is 27.9 Å². The molecular formula is C16H15FN2O5. The summed E-state index contributed by atoms with van der Waals surface area (Å²) in [6, 6.07) is 7.18. The van der Waals surface area contributed by atoms with Crippen molar-refractivity contribution in [3.8, 4) is 0 Å². The van der Waals surface area contributed by atoms with Gasteiger partial charge in [-0.2, -0.15) is 0 Å². The first kappa shape index (κ1) is 17.2. The van der Waals surface area contributed by atoms with Crippen LogP contribution in [0.4, 0.5) is 10.1 Å². The number of carbonyl (C=O) groups is 3. The Labute approximate surface area is 136 Å². The van der Waals surface area contributed by atoms with Crippen LogP contribution >= 0.6 is 0 Å². The molecule has 0 radical (unpaired) electrons. The Morgan fingerprint density at radius 1 is 1.25 bits per heavy atom. The number of nitrogens with one attached hydrogen (secondary N) is 2. The Morgan fingerprint density at radius 3 is 2.71 bits per heavy atom. The van der Waals surface area contributed by atoms with Crippen LogP contribution in [0, 0.1) is 12.7 Å². The molecule has 0 aliphatic carbocycles. The van der Waals surface area contributed by atoms with E-state index in [0.29, 0.717) is 5.56 Å². The second-order valence-electron chi connectivity index (χ2n) is 4.83. The fraction of sp³-hybridized carbons (Fsp3) is 0.188. The van der Waals surface area contributed by atoms with Gasteiger partial charge < -0.3 is 19.8 Å². The minimum absolute atomic E-state index is 0.0574. The number of furan rings is 1. The number of hydrogen-bond donors (Lipinski definition) is 2. The van der Waals surface area contributed by atoms with Gasteiger partial charge in [0.2, 0.25) is 0 Å². The maximum Gasteiger partial charge on any atom is 0.325 e. The third-order valence-electron chi connectivity index (χ3n) is 2.96. The van der Waals surface area contributed by atoms with Gasteiger partial charge in [-0.1, -0.05) is 6.07 Å². The van der Waals surface area contributed by atoms with Gasteiger partial charge in [0.15, 0.2) is 12.4 Å². The summed E-state index contributed by atoms with van der Waals surface area (Å²) in [6.07, 6.45) is 1.32. The van der Waals surface area contributed by atoms with Crippen molar-refractivity contribution in [3.63, 3.8) is 0 Å². The Bertz CT molecular complexity index is 743. The molecule has 7 nitrogen and oxygen atoms in total. The fourth-order valence-corrected chi connectivity index (χ4v) is 1.71. The molecule has 0 fully saturated rings. The lowest BCUT2D eigenvalue weighted by molar-refractivity contribution is -0.146. The summed E-state index contributed by atoms with van der Waals surface area (Å²) >= 11 is 0. The lowest BCUT2D eigenvalue weighted by Crippen LogP contribution is -2.32. The topological polar surface area (TPSA) is 97.6 Å². The predicted molar refractivity (Wildman–Crippen MR) is 81.8 cm³/mol.